The van der Waals surface area contributed by atoms with E-state index < -0.39 is 0 Å². The Bertz CT molecular complexity index is 759. The van der Waals surface area contributed by atoms with Crippen molar-refractivity contribution in [1.82, 2.24) is 10.3 Å². The number of anilines is 1. The molecule has 2 N–H and O–H groups in total. The number of hydrogen-bond donors (Lipinski definition) is 2. The lowest BCUT2D eigenvalue weighted by Crippen LogP contribution is -2.34. The number of rotatable bonds is 7. The highest BCUT2D eigenvalue weighted by molar-refractivity contribution is 5.94. The molecule has 0 spiro atoms. The average molecular weight is 353 g/mol. The van der Waals surface area contributed by atoms with Crippen LogP contribution in [0.15, 0.2) is 42.6 Å². The van der Waals surface area contributed by atoms with Crippen molar-refractivity contribution in [3.63, 3.8) is 0 Å². The van der Waals surface area contributed by atoms with E-state index in [9.17, 15) is 4.79 Å². The SMILES string of the molecule is O=C(NCCC1COc2ccccc2O1)c1ccc(NCC2CC2)nc1. The molecular weight excluding hydrogens is 330 g/mol. The summed E-state index contributed by atoms with van der Waals surface area (Å²) in [7, 11) is 0. The highest BCUT2D eigenvalue weighted by atomic mass is 16.6. The Morgan fingerprint density at radius 2 is 2.00 bits per heavy atom. The average Bonchev–Trinajstić information content (AvgIpc) is 3.51. The van der Waals surface area contributed by atoms with Gasteiger partial charge in [-0.15, -0.1) is 0 Å². The number of amides is 1. The maximum Gasteiger partial charge on any atom is 0.252 e. The monoisotopic (exact) mass is 353 g/mol. The van der Waals surface area contributed by atoms with Crippen molar-refractivity contribution in [2.45, 2.75) is 25.4 Å². The molecule has 1 saturated carbocycles. The fraction of sp³-hybridized carbons (Fsp3) is 0.400. The number of carbonyl (C=O) groups is 1. The molecule has 1 aromatic carbocycles. The molecule has 1 aliphatic heterocycles. The highest BCUT2D eigenvalue weighted by Crippen LogP contribution is 2.31. The molecule has 2 aliphatic rings. The third kappa shape index (κ3) is 4.25. The zero-order valence-electron chi connectivity index (χ0n) is 14.6. The van der Waals surface area contributed by atoms with Crippen molar-refractivity contribution in [3.8, 4) is 11.5 Å². The number of hydrogen-bond acceptors (Lipinski definition) is 5. The summed E-state index contributed by atoms with van der Waals surface area (Å²) in [6.07, 6.45) is 4.84. The van der Waals surface area contributed by atoms with E-state index in [1.54, 1.807) is 12.3 Å². The summed E-state index contributed by atoms with van der Waals surface area (Å²) in [6, 6.07) is 11.3. The topological polar surface area (TPSA) is 72.5 Å². The minimum Gasteiger partial charge on any atom is -0.486 e. The van der Waals surface area contributed by atoms with Crippen molar-refractivity contribution in [2.75, 3.05) is 25.0 Å². The minimum absolute atomic E-state index is 0.0580. The van der Waals surface area contributed by atoms with E-state index in [4.69, 9.17) is 9.47 Å². The van der Waals surface area contributed by atoms with Gasteiger partial charge >= 0.3 is 0 Å². The van der Waals surface area contributed by atoms with Crippen LogP contribution in [0.25, 0.3) is 0 Å². The molecule has 1 aliphatic carbocycles. The van der Waals surface area contributed by atoms with Crippen LogP contribution in [-0.2, 0) is 0 Å². The Morgan fingerprint density at radius 1 is 1.15 bits per heavy atom. The van der Waals surface area contributed by atoms with Gasteiger partial charge in [0.2, 0.25) is 0 Å². The molecule has 136 valence electrons. The molecule has 0 saturated heterocycles. The maximum absolute atomic E-state index is 12.2. The summed E-state index contributed by atoms with van der Waals surface area (Å²) in [5.74, 6) is 3.02. The Balaban J connectivity index is 1.21. The number of benzene rings is 1. The van der Waals surface area contributed by atoms with E-state index in [1.807, 2.05) is 30.3 Å². The van der Waals surface area contributed by atoms with Gasteiger partial charge in [0.05, 0.1) is 5.56 Å². The zero-order chi connectivity index (χ0) is 17.8. The third-order valence-electron chi connectivity index (χ3n) is 4.61. The van der Waals surface area contributed by atoms with Crippen molar-refractivity contribution in [1.29, 1.82) is 0 Å². The second-order valence-corrected chi connectivity index (χ2v) is 6.80. The van der Waals surface area contributed by atoms with Crippen molar-refractivity contribution < 1.29 is 14.3 Å². The number of carbonyl (C=O) groups excluding carboxylic acids is 1. The fourth-order valence-corrected chi connectivity index (χ4v) is 2.86. The number of para-hydroxylation sites is 2. The van der Waals surface area contributed by atoms with Gasteiger partial charge in [-0.3, -0.25) is 4.79 Å². The quantitative estimate of drug-likeness (QED) is 0.801. The molecule has 1 unspecified atom stereocenters. The zero-order valence-corrected chi connectivity index (χ0v) is 14.6. The number of ether oxygens (including phenoxy) is 2. The van der Waals surface area contributed by atoms with Gasteiger partial charge in [-0.05, 0) is 43.0 Å². The van der Waals surface area contributed by atoms with Gasteiger partial charge in [-0.1, -0.05) is 12.1 Å². The second-order valence-electron chi connectivity index (χ2n) is 6.80. The van der Waals surface area contributed by atoms with Gasteiger partial charge in [0.25, 0.3) is 5.91 Å². The summed E-state index contributed by atoms with van der Waals surface area (Å²) in [5.41, 5.74) is 0.563. The summed E-state index contributed by atoms with van der Waals surface area (Å²) in [4.78, 5) is 16.5. The first-order chi connectivity index (χ1) is 12.8. The summed E-state index contributed by atoms with van der Waals surface area (Å²) in [5, 5.41) is 6.21. The van der Waals surface area contributed by atoms with Crippen LogP contribution in [0.2, 0.25) is 0 Å². The smallest absolute Gasteiger partial charge is 0.252 e. The molecule has 2 heterocycles. The normalized spacial score (nSPS) is 18.2. The lowest BCUT2D eigenvalue weighted by molar-refractivity contribution is 0.0812. The Morgan fingerprint density at radius 3 is 2.77 bits per heavy atom. The number of fused-ring (bicyclic) bond motifs is 1. The molecule has 4 rings (SSSR count). The molecule has 6 nitrogen and oxygen atoms in total. The van der Waals surface area contributed by atoms with Crippen molar-refractivity contribution in [3.05, 3.63) is 48.2 Å². The fourth-order valence-electron chi connectivity index (χ4n) is 2.86. The van der Waals surface area contributed by atoms with Crippen LogP contribution in [0.5, 0.6) is 11.5 Å². The van der Waals surface area contributed by atoms with Crippen LogP contribution < -0.4 is 20.1 Å². The minimum atomic E-state index is -0.122. The van der Waals surface area contributed by atoms with Gasteiger partial charge < -0.3 is 20.1 Å². The maximum atomic E-state index is 12.2. The van der Waals surface area contributed by atoms with E-state index in [-0.39, 0.29) is 12.0 Å². The van der Waals surface area contributed by atoms with Crippen LogP contribution in [0.1, 0.15) is 29.6 Å². The predicted molar refractivity (Wildman–Crippen MR) is 98.8 cm³/mol. The van der Waals surface area contributed by atoms with Gasteiger partial charge in [0, 0.05) is 25.7 Å². The number of nitrogens with one attached hydrogen (secondary N) is 2. The summed E-state index contributed by atoms with van der Waals surface area (Å²) >= 11 is 0. The van der Waals surface area contributed by atoms with Crippen LogP contribution in [-0.4, -0.2) is 36.7 Å². The third-order valence-corrected chi connectivity index (χ3v) is 4.61. The van der Waals surface area contributed by atoms with Crippen LogP contribution >= 0.6 is 0 Å². The van der Waals surface area contributed by atoms with E-state index in [0.717, 1.165) is 29.8 Å². The van der Waals surface area contributed by atoms with Crippen molar-refractivity contribution in [2.24, 2.45) is 5.92 Å². The summed E-state index contributed by atoms with van der Waals surface area (Å²) in [6.45, 7) is 1.98. The number of aromatic nitrogens is 1. The second kappa shape index (κ2) is 7.64. The molecule has 1 atom stereocenters. The standard InChI is InChI=1S/C20H23N3O3/c24-20(15-7-8-19(23-12-15)22-11-14-5-6-14)21-10-9-16-13-25-17-3-1-2-4-18(17)26-16/h1-4,7-8,12,14,16H,5-6,9-11,13H2,(H,21,24)(H,22,23). The van der Waals surface area contributed by atoms with Gasteiger partial charge in [0.15, 0.2) is 11.5 Å². The largest absolute Gasteiger partial charge is 0.486 e. The van der Waals surface area contributed by atoms with Gasteiger partial charge in [-0.2, -0.15) is 0 Å². The van der Waals surface area contributed by atoms with Crippen molar-refractivity contribution >= 4 is 11.7 Å². The predicted octanol–water partition coefficient (Wildman–Crippen LogP) is 2.86. The highest BCUT2D eigenvalue weighted by Gasteiger charge is 2.21. The Hall–Kier alpha value is -2.76. The molecule has 1 fully saturated rings. The lowest BCUT2D eigenvalue weighted by Gasteiger charge is -2.26. The molecule has 1 aromatic heterocycles. The first kappa shape index (κ1) is 16.7. The first-order valence-corrected chi connectivity index (χ1v) is 9.14. The van der Waals surface area contributed by atoms with E-state index >= 15 is 0 Å². The van der Waals surface area contributed by atoms with Crippen LogP contribution in [0, 0.1) is 5.92 Å². The number of pyridine rings is 1. The van der Waals surface area contributed by atoms with E-state index in [2.05, 4.69) is 15.6 Å². The number of nitrogens with zero attached hydrogens (tertiary/aromatic N) is 1. The molecule has 0 radical (unpaired) electrons. The molecule has 2 aromatic rings. The molecule has 1 amide bonds. The molecular formula is C20H23N3O3. The molecule has 26 heavy (non-hydrogen) atoms. The lowest BCUT2D eigenvalue weighted by atomic mass is 10.2. The first-order valence-electron chi connectivity index (χ1n) is 9.14. The summed E-state index contributed by atoms with van der Waals surface area (Å²) < 4.78 is 11.6. The Kier molecular flexibility index (Phi) is 4.91. The van der Waals surface area contributed by atoms with Crippen LogP contribution in [0.4, 0.5) is 5.82 Å². The van der Waals surface area contributed by atoms with Gasteiger partial charge in [0.1, 0.15) is 18.5 Å². The van der Waals surface area contributed by atoms with Crippen LogP contribution in [0.3, 0.4) is 0 Å². The molecule has 0 bridgehead atoms. The van der Waals surface area contributed by atoms with Gasteiger partial charge in [-0.25, -0.2) is 4.98 Å². The molecule has 6 heteroatoms. The Labute approximate surface area is 152 Å². The van der Waals surface area contributed by atoms with E-state index in [1.165, 1.54) is 12.8 Å². The van der Waals surface area contributed by atoms with E-state index in [0.29, 0.717) is 25.1 Å².